The summed E-state index contributed by atoms with van der Waals surface area (Å²) in [6, 6.07) is 0. The molecule has 0 aromatic heterocycles. The van der Waals surface area contributed by atoms with Crippen LogP contribution in [0, 0.1) is 0 Å². The molecule has 0 saturated heterocycles. The van der Waals surface area contributed by atoms with Crippen LogP contribution in [0.15, 0.2) is 0 Å². The second-order valence-corrected chi connectivity index (χ2v) is 3.17. The van der Waals surface area contributed by atoms with E-state index in [-0.39, 0.29) is 0 Å². The van der Waals surface area contributed by atoms with Crippen LogP contribution < -0.4 is 0 Å². The van der Waals surface area contributed by atoms with Gasteiger partial charge < -0.3 is 0 Å². The van der Waals surface area contributed by atoms with Crippen LogP contribution in [0.4, 0.5) is 0 Å². The van der Waals surface area contributed by atoms with Crippen molar-refractivity contribution in [2.75, 3.05) is 5.75 Å². The summed E-state index contributed by atoms with van der Waals surface area (Å²) in [5.74, 6) is 1.04. The minimum Gasteiger partial charge on any atom is -0.276 e. The molecule has 3 heteroatoms. The van der Waals surface area contributed by atoms with E-state index in [0.29, 0.717) is 0 Å². The lowest BCUT2D eigenvalue weighted by atomic mass is 10.6. The van der Waals surface area contributed by atoms with Crippen molar-refractivity contribution in [3.63, 3.8) is 0 Å². The molecule has 0 N–H and O–H groups in total. The molecule has 0 aliphatic rings. The Morgan fingerprint density at radius 2 is 2.43 bits per heavy atom. The van der Waals surface area contributed by atoms with Gasteiger partial charge in [0.1, 0.15) is 0 Å². The minimum atomic E-state index is 1.04. The normalized spacial score (nSPS) is 8.71. The van der Waals surface area contributed by atoms with Crippen molar-refractivity contribution in [2.45, 2.75) is 13.3 Å². The molecule has 0 unspecified atom stereocenters. The molecule has 0 saturated carbocycles. The van der Waals surface area contributed by atoms with Gasteiger partial charge >= 0.3 is 0 Å². The van der Waals surface area contributed by atoms with Crippen molar-refractivity contribution < 1.29 is 4.79 Å². The standard InChI is InChI=1S/C4H7OS2/c1-2-3-6-7-4-5/h2-3H2,1H3. The zero-order chi connectivity index (χ0) is 5.54. The Kier molecular flexibility index (Phi) is 6.71. The third kappa shape index (κ3) is 6.37. The Hall–Kier alpha value is 0.370. The lowest BCUT2D eigenvalue weighted by molar-refractivity contribution is 0.570. The maximum absolute atomic E-state index is 9.50. The number of carbonyl (C=O) groups excluding carboxylic acids is 1. The lowest BCUT2D eigenvalue weighted by Crippen LogP contribution is -1.65. The van der Waals surface area contributed by atoms with E-state index >= 15 is 0 Å². The van der Waals surface area contributed by atoms with E-state index in [2.05, 4.69) is 6.92 Å². The van der Waals surface area contributed by atoms with Crippen LogP contribution in [-0.4, -0.2) is 11.4 Å². The predicted molar refractivity (Wildman–Crippen MR) is 36.0 cm³/mol. The second kappa shape index (κ2) is 6.37. The summed E-state index contributed by atoms with van der Waals surface area (Å²) >= 11 is 0. The lowest BCUT2D eigenvalue weighted by Gasteiger charge is -1.84. The van der Waals surface area contributed by atoms with Crippen molar-refractivity contribution >= 4 is 27.2 Å². The van der Waals surface area contributed by atoms with E-state index < -0.39 is 0 Å². The second-order valence-electron chi connectivity index (χ2n) is 0.989. The third-order valence-corrected chi connectivity index (χ3v) is 2.20. The zero-order valence-electron chi connectivity index (χ0n) is 4.14. The molecule has 0 aliphatic carbocycles. The van der Waals surface area contributed by atoms with Crippen LogP contribution in [0.3, 0.4) is 0 Å². The fraction of sp³-hybridized carbons (Fsp3) is 0.750. The van der Waals surface area contributed by atoms with Crippen LogP contribution in [0.25, 0.3) is 0 Å². The van der Waals surface area contributed by atoms with Crippen molar-refractivity contribution in [1.29, 1.82) is 0 Å². The summed E-state index contributed by atoms with van der Waals surface area (Å²) in [5, 5.41) is 0. The number of hydrogen-bond donors (Lipinski definition) is 0. The first-order valence-corrected chi connectivity index (χ1v) is 4.39. The van der Waals surface area contributed by atoms with Crippen LogP contribution in [-0.2, 0) is 4.79 Å². The topological polar surface area (TPSA) is 17.1 Å². The molecule has 0 atom stereocenters. The monoisotopic (exact) mass is 135 g/mol. The van der Waals surface area contributed by atoms with E-state index in [1.165, 1.54) is 0 Å². The Labute approximate surface area is 51.6 Å². The van der Waals surface area contributed by atoms with Crippen molar-refractivity contribution in [1.82, 2.24) is 0 Å². The molecule has 1 nitrogen and oxygen atoms in total. The predicted octanol–water partition coefficient (Wildman–Crippen LogP) is 1.84. The molecule has 0 bridgehead atoms. The first-order valence-electron chi connectivity index (χ1n) is 2.07. The highest BCUT2D eigenvalue weighted by Crippen LogP contribution is 2.17. The summed E-state index contributed by atoms with van der Waals surface area (Å²) in [5.41, 5.74) is 1.73. The summed E-state index contributed by atoms with van der Waals surface area (Å²) < 4.78 is 0. The molecule has 0 aliphatic heterocycles. The maximum atomic E-state index is 9.50. The summed E-state index contributed by atoms with van der Waals surface area (Å²) in [7, 11) is 2.69. The minimum absolute atomic E-state index is 1.04. The molecule has 0 heterocycles. The fourth-order valence-corrected chi connectivity index (χ4v) is 1.34. The van der Waals surface area contributed by atoms with Gasteiger partial charge in [0.15, 0.2) is 0 Å². The summed E-state index contributed by atoms with van der Waals surface area (Å²) in [4.78, 5) is 9.50. The van der Waals surface area contributed by atoms with Gasteiger partial charge in [0.25, 0.3) is 5.62 Å². The molecule has 41 valence electrons. The number of hydrogen-bond acceptors (Lipinski definition) is 3. The van der Waals surface area contributed by atoms with Gasteiger partial charge in [-0.1, -0.05) is 17.7 Å². The molecule has 7 heavy (non-hydrogen) atoms. The molecule has 0 rings (SSSR count). The Bertz CT molecular complexity index is 47.0. The van der Waals surface area contributed by atoms with E-state index in [1.54, 1.807) is 16.4 Å². The van der Waals surface area contributed by atoms with Crippen LogP contribution in [0.2, 0.25) is 0 Å². The molecule has 1 radical (unpaired) electrons. The molecule has 0 aromatic rings. The first-order chi connectivity index (χ1) is 3.41. The summed E-state index contributed by atoms with van der Waals surface area (Å²) in [6.07, 6.45) is 1.12. The van der Waals surface area contributed by atoms with Crippen LogP contribution in [0.5, 0.6) is 0 Å². The van der Waals surface area contributed by atoms with Gasteiger partial charge in [0.2, 0.25) is 0 Å². The average Bonchev–Trinajstić information content (AvgIpc) is 1.69. The van der Waals surface area contributed by atoms with E-state index in [4.69, 9.17) is 0 Å². The van der Waals surface area contributed by atoms with Crippen molar-refractivity contribution in [2.24, 2.45) is 0 Å². The molecular formula is C4H7OS2. The highest BCUT2D eigenvalue weighted by atomic mass is 33.1. The Morgan fingerprint density at radius 3 is 2.86 bits per heavy atom. The molecular weight excluding hydrogens is 128 g/mol. The molecule has 0 fully saturated rings. The number of rotatable bonds is 4. The average molecular weight is 135 g/mol. The van der Waals surface area contributed by atoms with Gasteiger partial charge in [-0.15, -0.1) is 0 Å². The SMILES string of the molecule is CCCSS[C]=O. The Morgan fingerprint density at radius 1 is 1.71 bits per heavy atom. The smallest absolute Gasteiger partial charge is 0.276 e. The van der Waals surface area contributed by atoms with Gasteiger partial charge in [-0.25, -0.2) is 0 Å². The molecule has 0 amide bonds. The van der Waals surface area contributed by atoms with Crippen LogP contribution >= 0.6 is 21.6 Å². The van der Waals surface area contributed by atoms with Gasteiger partial charge in [0.05, 0.1) is 0 Å². The van der Waals surface area contributed by atoms with Gasteiger partial charge in [-0.2, -0.15) is 0 Å². The van der Waals surface area contributed by atoms with Crippen molar-refractivity contribution in [3.05, 3.63) is 0 Å². The third-order valence-electron chi connectivity index (χ3n) is 0.380. The van der Waals surface area contributed by atoms with Gasteiger partial charge in [-0.3, -0.25) is 4.79 Å². The highest BCUT2D eigenvalue weighted by Gasteiger charge is 1.82. The van der Waals surface area contributed by atoms with E-state index in [1.807, 2.05) is 0 Å². The van der Waals surface area contributed by atoms with Crippen LogP contribution in [0.1, 0.15) is 13.3 Å². The zero-order valence-corrected chi connectivity index (χ0v) is 5.77. The van der Waals surface area contributed by atoms with E-state index in [0.717, 1.165) is 23.0 Å². The summed E-state index contributed by atoms with van der Waals surface area (Å²) in [6.45, 7) is 2.08. The Balaban J connectivity index is 2.56. The molecule has 0 spiro atoms. The van der Waals surface area contributed by atoms with E-state index in [9.17, 15) is 4.79 Å². The quantitative estimate of drug-likeness (QED) is 0.432. The molecule has 0 aromatic carbocycles. The highest BCUT2D eigenvalue weighted by molar-refractivity contribution is 8.81. The van der Waals surface area contributed by atoms with Gasteiger partial charge in [0, 0.05) is 5.75 Å². The fourth-order valence-electron chi connectivity index (χ4n) is 0.149. The van der Waals surface area contributed by atoms with Gasteiger partial charge in [-0.05, 0) is 17.2 Å². The largest absolute Gasteiger partial charge is 0.277 e. The maximum Gasteiger partial charge on any atom is 0.277 e. The van der Waals surface area contributed by atoms with Crippen molar-refractivity contribution in [3.8, 4) is 0 Å². The first kappa shape index (κ1) is 7.37.